The van der Waals surface area contributed by atoms with Gasteiger partial charge < -0.3 is 4.74 Å². The highest BCUT2D eigenvalue weighted by Gasteiger charge is 2.47. The number of fused-ring (bicyclic) bond motifs is 2. The van der Waals surface area contributed by atoms with Gasteiger partial charge in [-0.05, 0) is 48.9 Å². The highest BCUT2D eigenvalue weighted by atomic mass is 16.5. The van der Waals surface area contributed by atoms with Gasteiger partial charge in [-0.15, -0.1) is 0 Å². The standard InChI is InChI=1S/C15H16O3/c1-18-14(17)11-5-4-10-6-8-15(12(10)9-11)7-2-3-13(15)16/h4-5,9H,2-3,6-8H2,1H3. The zero-order valence-corrected chi connectivity index (χ0v) is 10.5. The van der Waals surface area contributed by atoms with Gasteiger partial charge in [-0.2, -0.15) is 0 Å². The molecule has 0 N–H and O–H groups in total. The maximum absolute atomic E-state index is 12.2. The van der Waals surface area contributed by atoms with E-state index in [1.807, 2.05) is 12.1 Å². The van der Waals surface area contributed by atoms with Crippen LogP contribution in [0.5, 0.6) is 0 Å². The first-order valence-electron chi connectivity index (χ1n) is 6.42. The van der Waals surface area contributed by atoms with Crippen molar-refractivity contribution in [2.45, 2.75) is 37.5 Å². The van der Waals surface area contributed by atoms with Gasteiger partial charge in [-0.3, -0.25) is 4.79 Å². The van der Waals surface area contributed by atoms with Crippen LogP contribution in [0.15, 0.2) is 18.2 Å². The number of Topliss-reactive ketones (excluding diaryl/α,β-unsaturated/α-hetero) is 1. The number of rotatable bonds is 1. The van der Waals surface area contributed by atoms with Crippen molar-refractivity contribution in [1.82, 2.24) is 0 Å². The molecule has 2 aliphatic carbocycles. The van der Waals surface area contributed by atoms with Crippen LogP contribution >= 0.6 is 0 Å². The molecule has 3 rings (SSSR count). The summed E-state index contributed by atoms with van der Waals surface area (Å²) in [6.07, 6.45) is 4.44. The van der Waals surface area contributed by atoms with Gasteiger partial charge >= 0.3 is 5.97 Å². The quantitative estimate of drug-likeness (QED) is 0.712. The largest absolute Gasteiger partial charge is 0.465 e. The van der Waals surface area contributed by atoms with Crippen LogP contribution in [0, 0.1) is 0 Å². The van der Waals surface area contributed by atoms with Crippen LogP contribution in [0.25, 0.3) is 0 Å². The van der Waals surface area contributed by atoms with E-state index in [9.17, 15) is 9.59 Å². The van der Waals surface area contributed by atoms with Gasteiger partial charge in [0, 0.05) is 6.42 Å². The summed E-state index contributed by atoms with van der Waals surface area (Å²) >= 11 is 0. The Morgan fingerprint density at radius 2 is 2.11 bits per heavy atom. The molecular weight excluding hydrogens is 228 g/mol. The van der Waals surface area contributed by atoms with Gasteiger partial charge in [0.25, 0.3) is 0 Å². The van der Waals surface area contributed by atoms with Crippen LogP contribution in [-0.4, -0.2) is 18.9 Å². The van der Waals surface area contributed by atoms with Crippen LogP contribution in [0.3, 0.4) is 0 Å². The van der Waals surface area contributed by atoms with Gasteiger partial charge in [-0.1, -0.05) is 6.07 Å². The average molecular weight is 244 g/mol. The molecule has 3 nitrogen and oxygen atoms in total. The molecule has 0 amide bonds. The molecule has 1 aromatic rings. The Bertz CT molecular complexity index is 533. The third kappa shape index (κ3) is 1.43. The number of hydrogen-bond donors (Lipinski definition) is 0. The topological polar surface area (TPSA) is 43.4 Å². The summed E-state index contributed by atoms with van der Waals surface area (Å²) in [6, 6.07) is 5.64. The number of carbonyl (C=O) groups excluding carboxylic acids is 2. The molecular formula is C15H16O3. The van der Waals surface area contributed by atoms with E-state index < -0.39 is 0 Å². The van der Waals surface area contributed by atoms with Gasteiger partial charge in [0.15, 0.2) is 0 Å². The number of aryl methyl sites for hydroxylation is 1. The van der Waals surface area contributed by atoms with Gasteiger partial charge in [0.2, 0.25) is 0 Å². The van der Waals surface area contributed by atoms with Crippen molar-refractivity contribution in [3.05, 3.63) is 34.9 Å². The van der Waals surface area contributed by atoms with Crippen molar-refractivity contribution < 1.29 is 14.3 Å². The molecule has 2 aliphatic rings. The second kappa shape index (κ2) is 3.94. The van der Waals surface area contributed by atoms with E-state index in [0.717, 1.165) is 31.2 Å². The van der Waals surface area contributed by atoms with Crippen LogP contribution in [0.1, 0.15) is 47.2 Å². The Balaban J connectivity index is 2.09. The number of benzene rings is 1. The first-order chi connectivity index (χ1) is 8.67. The lowest BCUT2D eigenvalue weighted by Gasteiger charge is -2.22. The van der Waals surface area contributed by atoms with Crippen molar-refractivity contribution in [3.63, 3.8) is 0 Å². The van der Waals surface area contributed by atoms with E-state index >= 15 is 0 Å². The smallest absolute Gasteiger partial charge is 0.337 e. The lowest BCUT2D eigenvalue weighted by atomic mass is 9.79. The minimum atomic E-state index is -0.328. The fourth-order valence-electron chi connectivity index (χ4n) is 3.45. The summed E-state index contributed by atoms with van der Waals surface area (Å²) in [6.45, 7) is 0. The predicted molar refractivity (Wildman–Crippen MR) is 66.6 cm³/mol. The van der Waals surface area contributed by atoms with E-state index in [4.69, 9.17) is 4.74 Å². The second-order valence-electron chi connectivity index (χ2n) is 5.22. The number of ether oxygens (including phenoxy) is 1. The Kier molecular flexibility index (Phi) is 2.51. The summed E-state index contributed by atoms with van der Waals surface area (Å²) in [5, 5.41) is 0. The van der Waals surface area contributed by atoms with Crippen molar-refractivity contribution in [3.8, 4) is 0 Å². The first-order valence-corrected chi connectivity index (χ1v) is 6.42. The van der Waals surface area contributed by atoms with E-state index in [-0.39, 0.29) is 11.4 Å². The van der Waals surface area contributed by atoms with Crippen LogP contribution < -0.4 is 0 Å². The third-order valence-electron chi connectivity index (χ3n) is 4.41. The normalized spacial score (nSPS) is 25.5. The zero-order valence-electron chi connectivity index (χ0n) is 10.5. The van der Waals surface area contributed by atoms with Gasteiger partial charge in [0.1, 0.15) is 5.78 Å². The van der Waals surface area contributed by atoms with E-state index in [1.54, 1.807) is 6.07 Å². The minimum absolute atomic E-state index is 0.292. The molecule has 1 atom stereocenters. The molecule has 1 spiro atoms. The lowest BCUT2D eigenvalue weighted by Crippen LogP contribution is -2.28. The summed E-state index contributed by atoms with van der Waals surface area (Å²) < 4.78 is 4.75. The zero-order chi connectivity index (χ0) is 12.8. The maximum atomic E-state index is 12.2. The Morgan fingerprint density at radius 3 is 2.78 bits per heavy atom. The predicted octanol–water partition coefficient (Wildman–Crippen LogP) is 2.41. The van der Waals surface area contributed by atoms with Crippen LogP contribution in [0.2, 0.25) is 0 Å². The molecule has 1 saturated carbocycles. The van der Waals surface area contributed by atoms with E-state index in [0.29, 0.717) is 17.8 Å². The molecule has 1 fully saturated rings. The Morgan fingerprint density at radius 1 is 1.28 bits per heavy atom. The summed E-state index contributed by atoms with van der Waals surface area (Å²) in [7, 11) is 1.38. The molecule has 0 saturated heterocycles. The SMILES string of the molecule is COC(=O)c1ccc2c(c1)C1(CCCC1=O)CC2. The summed E-state index contributed by atoms with van der Waals surface area (Å²) in [5.41, 5.74) is 2.56. The molecule has 0 radical (unpaired) electrons. The third-order valence-corrected chi connectivity index (χ3v) is 4.41. The van der Waals surface area contributed by atoms with Crippen molar-refractivity contribution in [2.24, 2.45) is 0 Å². The molecule has 0 aliphatic heterocycles. The summed E-state index contributed by atoms with van der Waals surface area (Å²) in [4.78, 5) is 23.8. The van der Waals surface area contributed by atoms with E-state index in [1.165, 1.54) is 12.7 Å². The fourth-order valence-corrected chi connectivity index (χ4v) is 3.45. The molecule has 94 valence electrons. The van der Waals surface area contributed by atoms with E-state index in [2.05, 4.69) is 0 Å². The lowest BCUT2D eigenvalue weighted by molar-refractivity contribution is -0.122. The maximum Gasteiger partial charge on any atom is 0.337 e. The van der Waals surface area contributed by atoms with Crippen molar-refractivity contribution in [1.29, 1.82) is 0 Å². The monoisotopic (exact) mass is 244 g/mol. The number of carbonyl (C=O) groups is 2. The average Bonchev–Trinajstić information content (AvgIpc) is 2.95. The highest BCUT2D eigenvalue weighted by Crippen LogP contribution is 2.48. The minimum Gasteiger partial charge on any atom is -0.465 e. The Hall–Kier alpha value is -1.64. The molecule has 0 heterocycles. The summed E-state index contributed by atoms with van der Waals surface area (Å²) in [5.74, 6) is 0.0218. The molecule has 3 heteroatoms. The number of ketones is 1. The molecule has 1 aromatic carbocycles. The van der Waals surface area contributed by atoms with Crippen molar-refractivity contribution >= 4 is 11.8 Å². The second-order valence-corrected chi connectivity index (χ2v) is 5.22. The molecule has 0 aromatic heterocycles. The first kappa shape index (κ1) is 11.5. The van der Waals surface area contributed by atoms with Gasteiger partial charge in [-0.25, -0.2) is 4.79 Å². The Labute approximate surface area is 106 Å². The molecule has 1 unspecified atom stereocenters. The molecule has 0 bridgehead atoms. The number of hydrogen-bond acceptors (Lipinski definition) is 3. The van der Waals surface area contributed by atoms with Gasteiger partial charge in [0.05, 0.1) is 18.1 Å². The van der Waals surface area contributed by atoms with Crippen LogP contribution in [0.4, 0.5) is 0 Å². The number of methoxy groups -OCH3 is 1. The highest BCUT2D eigenvalue weighted by molar-refractivity contribution is 5.95. The number of esters is 1. The van der Waals surface area contributed by atoms with Crippen LogP contribution in [-0.2, 0) is 21.4 Å². The van der Waals surface area contributed by atoms with Crippen molar-refractivity contribution in [2.75, 3.05) is 7.11 Å². The molecule has 18 heavy (non-hydrogen) atoms. The fraction of sp³-hybridized carbons (Fsp3) is 0.467.